The van der Waals surface area contributed by atoms with E-state index in [2.05, 4.69) is 12.2 Å². The maximum atomic E-state index is 13.4. The molecule has 3 aromatic rings. The lowest BCUT2D eigenvalue weighted by atomic mass is 10.1. The largest absolute Gasteiger partial charge is 0.355 e. The summed E-state index contributed by atoms with van der Waals surface area (Å²) >= 11 is 2.73. The van der Waals surface area contributed by atoms with Gasteiger partial charge in [-0.25, -0.2) is 9.37 Å². The van der Waals surface area contributed by atoms with Crippen molar-refractivity contribution in [3.05, 3.63) is 82.0 Å². The Kier molecular flexibility index (Phi) is 6.77. The summed E-state index contributed by atoms with van der Waals surface area (Å²) in [6, 6.07) is 15.7. The van der Waals surface area contributed by atoms with Crippen molar-refractivity contribution in [2.45, 2.75) is 35.1 Å². The van der Waals surface area contributed by atoms with Gasteiger partial charge in [-0.3, -0.25) is 14.2 Å². The van der Waals surface area contributed by atoms with Crippen LogP contribution in [0.3, 0.4) is 0 Å². The highest BCUT2D eigenvalue weighted by molar-refractivity contribution is 8.00. The van der Waals surface area contributed by atoms with E-state index < -0.39 is 0 Å². The first-order chi connectivity index (χ1) is 15.0. The number of carbonyl (C=O) groups is 1. The first kappa shape index (κ1) is 21.6. The van der Waals surface area contributed by atoms with Crippen molar-refractivity contribution < 1.29 is 9.18 Å². The number of fused-ring (bicyclic) bond motifs is 1. The number of nitrogens with one attached hydrogen (secondary N) is 1. The average Bonchev–Trinajstić information content (AvgIpc) is 3.15. The summed E-state index contributed by atoms with van der Waals surface area (Å²) in [5.41, 5.74) is 2.30. The number of carbonyl (C=O) groups excluding carboxylic acids is 1. The summed E-state index contributed by atoms with van der Waals surface area (Å²) in [4.78, 5) is 30.9. The molecule has 2 aromatic carbocycles. The molecule has 0 bridgehead atoms. The van der Waals surface area contributed by atoms with Gasteiger partial charge in [-0.15, -0.1) is 11.8 Å². The highest BCUT2D eigenvalue weighted by atomic mass is 32.2. The second-order valence-electron chi connectivity index (χ2n) is 7.29. The third-order valence-electron chi connectivity index (χ3n) is 4.88. The summed E-state index contributed by atoms with van der Waals surface area (Å²) in [5, 5.41) is 3.64. The first-order valence-electron chi connectivity index (χ1n) is 10.0. The maximum absolute atomic E-state index is 13.4. The van der Waals surface area contributed by atoms with Gasteiger partial charge in [0, 0.05) is 18.2 Å². The summed E-state index contributed by atoms with van der Waals surface area (Å²) in [6.07, 6.45) is 1.47. The smallest absolute Gasteiger partial charge is 0.272 e. The van der Waals surface area contributed by atoms with Crippen molar-refractivity contribution in [1.82, 2.24) is 14.9 Å². The zero-order chi connectivity index (χ0) is 21.8. The molecule has 4 rings (SSSR count). The third kappa shape index (κ3) is 5.19. The third-order valence-corrected chi connectivity index (χ3v) is 7.03. The average molecular weight is 456 g/mol. The zero-order valence-corrected chi connectivity index (χ0v) is 18.6. The van der Waals surface area contributed by atoms with Gasteiger partial charge >= 0.3 is 0 Å². The molecule has 1 atom stereocenters. The highest BCUT2D eigenvalue weighted by Gasteiger charge is 2.27. The molecule has 1 aromatic heterocycles. The van der Waals surface area contributed by atoms with Crippen LogP contribution in [0.15, 0.2) is 69.4 Å². The molecule has 0 radical (unpaired) electrons. The van der Waals surface area contributed by atoms with Crippen molar-refractivity contribution in [3.63, 3.8) is 0 Å². The van der Waals surface area contributed by atoms with Crippen molar-refractivity contribution in [2.75, 3.05) is 12.3 Å². The number of aromatic nitrogens is 2. The van der Waals surface area contributed by atoms with E-state index in [9.17, 15) is 14.0 Å². The van der Waals surface area contributed by atoms with Crippen LogP contribution >= 0.6 is 23.5 Å². The number of hydrogen-bond acceptors (Lipinski definition) is 5. The molecule has 31 heavy (non-hydrogen) atoms. The molecule has 1 aliphatic heterocycles. The van der Waals surface area contributed by atoms with Crippen LogP contribution in [0.2, 0.25) is 0 Å². The fourth-order valence-electron chi connectivity index (χ4n) is 3.39. The predicted molar refractivity (Wildman–Crippen MR) is 123 cm³/mol. The Labute approximate surface area is 188 Å². The fraction of sp³-hybridized carbons (Fsp3) is 0.261. The number of amides is 1. The Hall–Kier alpha value is -2.58. The number of nitrogens with zero attached hydrogens (tertiary/aromatic N) is 2. The second kappa shape index (κ2) is 9.70. The van der Waals surface area contributed by atoms with Crippen LogP contribution in [0.5, 0.6) is 0 Å². The predicted octanol–water partition coefficient (Wildman–Crippen LogP) is 3.86. The molecule has 5 nitrogen and oxygen atoms in total. The lowest BCUT2D eigenvalue weighted by Gasteiger charge is -2.13. The lowest BCUT2D eigenvalue weighted by molar-refractivity contribution is -0.118. The minimum Gasteiger partial charge on any atom is -0.355 e. The van der Waals surface area contributed by atoms with Gasteiger partial charge in [-0.1, -0.05) is 49.0 Å². The maximum Gasteiger partial charge on any atom is 0.272 e. The molecule has 0 saturated carbocycles. The van der Waals surface area contributed by atoms with E-state index in [0.29, 0.717) is 22.3 Å². The first-order valence-corrected chi connectivity index (χ1v) is 11.9. The number of halogens is 1. The minimum atomic E-state index is -0.374. The van der Waals surface area contributed by atoms with E-state index in [1.807, 2.05) is 30.3 Å². The Morgan fingerprint density at radius 1 is 1.23 bits per heavy atom. The van der Waals surface area contributed by atoms with Crippen LogP contribution in [0.4, 0.5) is 4.39 Å². The number of benzene rings is 2. The molecule has 2 heterocycles. The van der Waals surface area contributed by atoms with E-state index >= 15 is 0 Å². The van der Waals surface area contributed by atoms with E-state index in [1.54, 1.807) is 12.1 Å². The Morgan fingerprint density at radius 3 is 2.71 bits per heavy atom. The molecule has 0 fully saturated rings. The number of rotatable bonds is 7. The van der Waals surface area contributed by atoms with Gasteiger partial charge in [0.25, 0.3) is 5.56 Å². The molecule has 1 unspecified atom stereocenters. The minimum absolute atomic E-state index is 0.121. The van der Waals surface area contributed by atoms with Gasteiger partial charge in [0.05, 0.1) is 22.0 Å². The summed E-state index contributed by atoms with van der Waals surface area (Å²) in [7, 11) is 0. The van der Waals surface area contributed by atoms with E-state index in [4.69, 9.17) is 4.98 Å². The molecule has 1 amide bonds. The highest BCUT2D eigenvalue weighted by Crippen LogP contribution is 2.34. The van der Waals surface area contributed by atoms with Crippen LogP contribution < -0.4 is 10.9 Å². The van der Waals surface area contributed by atoms with Crippen LogP contribution in [0.25, 0.3) is 5.69 Å². The van der Waals surface area contributed by atoms with Crippen LogP contribution in [0, 0.1) is 5.82 Å². The Bertz CT molecular complexity index is 1130. The summed E-state index contributed by atoms with van der Waals surface area (Å²) in [6.45, 7) is 2.60. The SMILES string of the molecule is CC1Cc2nc(SCC(=O)NCCc3ccccc3)n(-c3ccc(F)cc3)c(=O)c2S1. The van der Waals surface area contributed by atoms with Crippen molar-refractivity contribution in [1.29, 1.82) is 0 Å². The normalized spacial score (nSPS) is 15.0. The van der Waals surface area contributed by atoms with Gasteiger partial charge in [0.2, 0.25) is 5.91 Å². The van der Waals surface area contributed by atoms with Crippen LogP contribution in [0.1, 0.15) is 18.2 Å². The van der Waals surface area contributed by atoms with Gasteiger partial charge in [-0.2, -0.15) is 0 Å². The molecule has 0 spiro atoms. The zero-order valence-electron chi connectivity index (χ0n) is 17.0. The molecular weight excluding hydrogens is 433 g/mol. The number of hydrogen-bond donors (Lipinski definition) is 1. The van der Waals surface area contributed by atoms with Gasteiger partial charge < -0.3 is 5.32 Å². The standard InChI is InChI=1S/C23H22FN3O2S2/c1-15-13-19-21(31-15)22(29)27(18-9-7-17(24)8-10-18)23(26-19)30-14-20(28)25-12-11-16-5-3-2-4-6-16/h2-10,15H,11-14H2,1H3,(H,25,28). The molecule has 1 N–H and O–H groups in total. The molecule has 0 saturated heterocycles. The molecule has 1 aliphatic rings. The molecule has 160 valence electrons. The van der Waals surface area contributed by atoms with Gasteiger partial charge in [0.15, 0.2) is 5.16 Å². The van der Waals surface area contributed by atoms with E-state index in [-0.39, 0.29) is 28.3 Å². The summed E-state index contributed by atoms with van der Waals surface area (Å²) < 4.78 is 14.9. The van der Waals surface area contributed by atoms with Crippen molar-refractivity contribution in [3.8, 4) is 5.69 Å². The Morgan fingerprint density at radius 2 is 1.97 bits per heavy atom. The van der Waals surface area contributed by atoms with Crippen LogP contribution in [-0.4, -0.2) is 33.0 Å². The van der Waals surface area contributed by atoms with Crippen LogP contribution in [-0.2, 0) is 17.6 Å². The van der Waals surface area contributed by atoms with Crippen molar-refractivity contribution >= 4 is 29.4 Å². The molecule has 8 heteroatoms. The van der Waals surface area contributed by atoms with E-state index in [1.165, 1.54) is 40.2 Å². The monoisotopic (exact) mass is 455 g/mol. The van der Waals surface area contributed by atoms with Gasteiger partial charge in [-0.05, 0) is 36.2 Å². The molecule has 0 aliphatic carbocycles. The van der Waals surface area contributed by atoms with Gasteiger partial charge in [0.1, 0.15) is 5.82 Å². The topological polar surface area (TPSA) is 64.0 Å². The second-order valence-corrected chi connectivity index (χ2v) is 9.69. The van der Waals surface area contributed by atoms with Crippen molar-refractivity contribution in [2.24, 2.45) is 0 Å². The Balaban J connectivity index is 1.50. The van der Waals surface area contributed by atoms with E-state index in [0.717, 1.165) is 24.1 Å². The fourth-order valence-corrected chi connectivity index (χ4v) is 5.34. The lowest BCUT2D eigenvalue weighted by Crippen LogP contribution is -2.28. The quantitative estimate of drug-likeness (QED) is 0.433. The molecular formula is C23H22FN3O2S2. The summed E-state index contributed by atoms with van der Waals surface area (Å²) in [5.74, 6) is -0.353. The number of thioether (sulfide) groups is 2.